The van der Waals surface area contributed by atoms with Gasteiger partial charge in [-0.15, -0.1) is 0 Å². The molecule has 40 heavy (non-hydrogen) atoms. The summed E-state index contributed by atoms with van der Waals surface area (Å²) in [6.45, 7) is 5.60. The van der Waals surface area contributed by atoms with Crippen molar-refractivity contribution in [3.8, 4) is 22.8 Å². The molecule has 1 aromatic carbocycles. The summed E-state index contributed by atoms with van der Waals surface area (Å²) in [6, 6.07) is 4.65. The van der Waals surface area contributed by atoms with Gasteiger partial charge >= 0.3 is 6.18 Å². The Balaban J connectivity index is 1.60. The van der Waals surface area contributed by atoms with Crippen LogP contribution >= 0.6 is 0 Å². The quantitative estimate of drug-likeness (QED) is 0.462. The van der Waals surface area contributed by atoms with E-state index in [9.17, 15) is 22.8 Å². The number of hydrogen-bond donors (Lipinski definition) is 2. The zero-order chi connectivity index (χ0) is 28.8. The number of benzene rings is 1. The molecule has 2 aliphatic heterocycles. The monoisotopic (exact) mass is 561 g/mol. The van der Waals surface area contributed by atoms with Crippen LogP contribution in [0, 0.1) is 5.82 Å². The van der Waals surface area contributed by atoms with E-state index in [1.54, 1.807) is 6.07 Å². The molecule has 212 valence electrons. The third-order valence-electron chi connectivity index (χ3n) is 7.22. The van der Waals surface area contributed by atoms with Gasteiger partial charge in [0.1, 0.15) is 19.0 Å². The second-order valence-electron chi connectivity index (χ2n) is 9.92. The number of nitrogens with one attached hydrogen (secondary N) is 2. The summed E-state index contributed by atoms with van der Waals surface area (Å²) in [5.74, 6) is -1.15. The zero-order valence-electron chi connectivity index (χ0n) is 21.9. The topological polar surface area (TPSA) is 99.8 Å². The van der Waals surface area contributed by atoms with Crippen LogP contribution in [0.2, 0.25) is 0 Å². The Labute approximate surface area is 226 Å². The summed E-state index contributed by atoms with van der Waals surface area (Å²) in [4.78, 5) is 35.2. The van der Waals surface area contributed by atoms with E-state index in [1.165, 1.54) is 18.3 Å². The average molecular weight is 562 g/mol. The van der Waals surface area contributed by atoms with E-state index < -0.39 is 34.6 Å². The van der Waals surface area contributed by atoms with Crippen LogP contribution in [-0.2, 0) is 6.18 Å². The minimum absolute atomic E-state index is 0.0521. The van der Waals surface area contributed by atoms with E-state index in [1.807, 2.05) is 25.8 Å². The summed E-state index contributed by atoms with van der Waals surface area (Å²) < 4.78 is 67.7. The van der Waals surface area contributed by atoms with Crippen molar-refractivity contribution in [1.29, 1.82) is 0 Å². The second kappa shape index (κ2) is 10.5. The van der Waals surface area contributed by atoms with Crippen LogP contribution in [-0.4, -0.2) is 66.2 Å². The smallest absolute Gasteiger partial charge is 0.417 e. The number of pyridine rings is 2. The lowest BCUT2D eigenvalue weighted by Gasteiger charge is -2.44. The Morgan fingerprint density at radius 1 is 1.10 bits per heavy atom. The molecule has 5 rings (SSSR count). The van der Waals surface area contributed by atoms with Crippen molar-refractivity contribution in [2.45, 2.75) is 32.1 Å². The molecule has 9 nitrogen and oxygen atoms in total. The normalized spacial score (nSPS) is 19.4. The minimum Gasteiger partial charge on any atom is -0.484 e. The molecule has 3 aromatic rings. The molecule has 0 aliphatic carbocycles. The molecule has 1 fully saturated rings. The van der Waals surface area contributed by atoms with Gasteiger partial charge in [-0.2, -0.15) is 13.2 Å². The fourth-order valence-electron chi connectivity index (χ4n) is 4.91. The lowest BCUT2D eigenvalue weighted by molar-refractivity contribution is -0.138. The number of rotatable bonds is 4. The molecule has 4 heterocycles. The highest BCUT2D eigenvalue weighted by Crippen LogP contribution is 2.39. The summed E-state index contributed by atoms with van der Waals surface area (Å²) in [5.41, 5.74) is -2.37. The van der Waals surface area contributed by atoms with Gasteiger partial charge < -0.3 is 24.7 Å². The highest BCUT2D eigenvalue weighted by molar-refractivity contribution is 6.07. The molecule has 13 heteroatoms. The van der Waals surface area contributed by atoms with Crippen molar-refractivity contribution in [3.05, 3.63) is 64.0 Å². The fourth-order valence-corrected chi connectivity index (χ4v) is 4.91. The zero-order valence-corrected chi connectivity index (χ0v) is 21.9. The van der Waals surface area contributed by atoms with Crippen LogP contribution in [0.25, 0.3) is 11.1 Å². The molecule has 2 aliphatic rings. The predicted molar refractivity (Wildman–Crippen MR) is 140 cm³/mol. The number of aromatic amines is 1. The maximum absolute atomic E-state index is 15.7. The molecule has 0 radical (unpaired) electrons. The number of amides is 1. The first-order valence-electron chi connectivity index (χ1n) is 12.6. The Kier molecular flexibility index (Phi) is 7.17. The summed E-state index contributed by atoms with van der Waals surface area (Å²) in [5, 5.41) is 2.54. The number of carbonyl (C=O) groups is 1. The molecule has 2 N–H and O–H groups in total. The lowest BCUT2D eigenvalue weighted by atomic mass is 10.0. The standard InChI is InChI=1S/C27H27F4N5O4/c1-14-12-36(13-15(2)35(14)3)22-9-20(28)17(16-6-23-26(33-10-16)40-5-4-39-23)7-21(22)34-25(38)18-11-32-24(37)8-19(18)27(29,30)31/h6-11,14-15H,4-5,12-13H2,1-3H3,(H,32,37)(H,34,38)/t14-,15?/m1/s1. The molecule has 1 unspecified atom stereocenters. The molecule has 0 spiro atoms. The van der Waals surface area contributed by atoms with Gasteiger partial charge in [-0.05, 0) is 39.1 Å². The van der Waals surface area contributed by atoms with Gasteiger partial charge in [0.25, 0.3) is 11.8 Å². The van der Waals surface area contributed by atoms with Gasteiger partial charge in [-0.3, -0.25) is 14.5 Å². The molecule has 0 saturated carbocycles. The van der Waals surface area contributed by atoms with Gasteiger partial charge in [-0.1, -0.05) is 0 Å². The average Bonchev–Trinajstić information content (AvgIpc) is 2.91. The Morgan fingerprint density at radius 3 is 2.50 bits per heavy atom. The molecule has 1 amide bonds. The van der Waals surface area contributed by atoms with E-state index in [2.05, 4.69) is 20.2 Å². The first-order valence-corrected chi connectivity index (χ1v) is 12.6. The summed E-state index contributed by atoms with van der Waals surface area (Å²) in [7, 11) is 1.97. The van der Waals surface area contributed by atoms with Crippen molar-refractivity contribution >= 4 is 17.3 Å². The Morgan fingerprint density at radius 2 is 1.80 bits per heavy atom. The number of ether oxygens (including phenoxy) is 2. The van der Waals surface area contributed by atoms with E-state index in [0.29, 0.717) is 49.4 Å². The third-order valence-corrected chi connectivity index (χ3v) is 7.22. The molecule has 0 bridgehead atoms. The number of piperazine rings is 1. The Hall–Kier alpha value is -4.13. The van der Waals surface area contributed by atoms with Crippen molar-refractivity contribution in [1.82, 2.24) is 14.9 Å². The van der Waals surface area contributed by atoms with E-state index >= 15 is 4.39 Å². The van der Waals surface area contributed by atoms with Crippen LogP contribution < -0.4 is 25.2 Å². The van der Waals surface area contributed by atoms with Gasteiger partial charge in [0.15, 0.2) is 5.75 Å². The maximum Gasteiger partial charge on any atom is 0.417 e. The summed E-state index contributed by atoms with van der Waals surface area (Å²) >= 11 is 0. The van der Waals surface area contributed by atoms with E-state index in [4.69, 9.17) is 9.47 Å². The van der Waals surface area contributed by atoms with Crippen molar-refractivity contribution in [2.24, 2.45) is 0 Å². The number of aromatic nitrogens is 2. The minimum atomic E-state index is -4.95. The highest BCUT2D eigenvalue weighted by Gasteiger charge is 2.36. The molecule has 2 atom stereocenters. The van der Waals surface area contributed by atoms with Gasteiger partial charge in [-0.25, -0.2) is 9.37 Å². The van der Waals surface area contributed by atoms with Crippen LogP contribution in [0.3, 0.4) is 0 Å². The Bertz CT molecular complexity index is 1500. The number of H-pyrrole nitrogens is 1. The highest BCUT2D eigenvalue weighted by atomic mass is 19.4. The first-order chi connectivity index (χ1) is 18.9. The number of likely N-dealkylation sites (N-methyl/N-ethyl adjacent to an activating group) is 1. The third kappa shape index (κ3) is 5.33. The van der Waals surface area contributed by atoms with Crippen molar-refractivity contribution in [3.63, 3.8) is 0 Å². The number of hydrogen-bond acceptors (Lipinski definition) is 7. The number of alkyl halides is 3. The van der Waals surface area contributed by atoms with Gasteiger partial charge in [0.05, 0.1) is 22.5 Å². The van der Waals surface area contributed by atoms with Crippen LogP contribution in [0.15, 0.2) is 41.5 Å². The number of fused-ring (bicyclic) bond motifs is 1. The molecule has 1 saturated heterocycles. The van der Waals surface area contributed by atoms with Crippen molar-refractivity contribution < 1.29 is 31.8 Å². The van der Waals surface area contributed by atoms with Crippen LogP contribution in [0.4, 0.5) is 28.9 Å². The van der Waals surface area contributed by atoms with E-state index in [0.717, 1.165) is 6.20 Å². The number of halogens is 4. The maximum atomic E-state index is 15.7. The number of anilines is 2. The number of nitrogens with zero attached hydrogens (tertiary/aromatic N) is 3. The van der Waals surface area contributed by atoms with Gasteiger partial charge in [0, 0.05) is 54.8 Å². The first kappa shape index (κ1) is 27.4. The SMILES string of the molecule is CC1CN(c2cc(F)c(-c3cnc4c(c3)OCCO4)cc2NC(=O)c2c[nH]c(=O)cc2C(F)(F)F)C[C@@H](C)N1C. The second-order valence-corrected chi connectivity index (χ2v) is 9.92. The van der Waals surface area contributed by atoms with Crippen molar-refractivity contribution in [2.75, 3.05) is 43.6 Å². The van der Waals surface area contributed by atoms with E-state index in [-0.39, 0.29) is 29.2 Å². The van der Waals surface area contributed by atoms with Crippen LogP contribution in [0.5, 0.6) is 11.6 Å². The number of carbonyl (C=O) groups excluding carboxylic acids is 1. The summed E-state index contributed by atoms with van der Waals surface area (Å²) in [6.07, 6.45) is -2.84. The van der Waals surface area contributed by atoms with Crippen LogP contribution in [0.1, 0.15) is 29.8 Å². The molecular formula is C27H27F4N5O4. The predicted octanol–water partition coefficient (Wildman–Crippen LogP) is 4.15. The largest absolute Gasteiger partial charge is 0.484 e. The molecule has 2 aromatic heterocycles. The van der Waals surface area contributed by atoms with Gasteiger partial charge in [0.2, 0.25) is 5.56 Å². The molecular weight excluding hydrogens is 534 g/mol. The fraction of sp³-hybridized carbons (Fsp3) is 0.370. The lowest BCUT2D eigenvalue weighted by Crippen LogP contribution is -2.55.